The summed E-state index contributed by atoms with van der Waals surface area (Å²) in [6.45, 7) is 0. The fraction of sp³-hybridized carbons (Fsp3) is 0. The third kappa shape index (κ3) is 4.30. The van der Waals surface area contributed by atoms with E-state index >= 15 is 0 Å². The molecule has 0 saturated heterocycles. The maximum atomic E-state index is 13.2. The SMILES string of the molecule is N#C/C(=C\c1cn(-c2ccccc2)nc1-c1ccncc1)S(=O)(=O)c1cc(Cl)ccc1Cl. The summed E-state index contributed by atoms with van der Waals surface area (Å²) in [5, 5.41) is 14.5. The van der Waals surface area contributed by atoms with Crippen molar-refractivity contribution in [1.82, 2.24) is 14.8 Å². The van der Waals surface area contributed by atoms with Gasteiger partial charge in [-0.15, -0.1) is 0 Å². The summed E-state index contributed by atoms with van der Waals surface area (Å²) in [7, 11) is -4.22. The van der Waals surface area contributed by atoms with Gasteiger partial charge in [-0.25, -0.2) is 13.1 Å². The molecule has 0 amide bonds. The fourth-order valence-electron chi connectivity index (χ4n) is 3.05. The van der Waals surface area contributed by atoms with Gasteiger partial charge >= 0.3 is 0 Å². The van der Waals surface area contributed by atoms with Gasteiger partial charge in [-0.05, 0) is 48.5 Å². The Morgan fingerprint density at radius 1 is 1.03 bits per heavy atom. The number of pyridine rings is 1. The second-order valence-electron chi connectivity index (χ2n) is 6.65. The number of para-hydroxylation sites is 1. The quantitative estimate of drug-likeness (QED) is 0.347. The Hall–Kier alpha value is -3.44. The van der Waals surface area contributed by atoms with Crippen LogP contribution >= 0.6 is 23.2 Å². The summed E-state index contributed by atoms with van der Waals surface area (Å²) < 4.78 is 28.0. The molecule has 0 saturated carbocycles. The van der Waals surface area contributed by atoms with Gasteiger partial charge in [-0.2, -0.15) is 10.4 Å². The molecule has 9 heteroatoms. The van der Waals surface area contributed by atoms with E-state index in [4.69, 9.17) is 23.2 Å². The largest absolute Gasteiger partial charge is 0.265 e. The van der Waals surface area contributed by atoms with E-state index in [1.165, 1.54) is 24.3 Å². The van der Waals surface area contributed by atoms with Crippen LogP contribution < -0.4 is 0 Å². The number of rotatable bonds is 5. The van der Waals surface area contributed by atoms with Gasteiger partial charge in [0.15, 0.2) is 0 Å². The summed E-state index contributed by atoms with van der Waals surface area (Å²) in [5.74, 6) is 0. The van der Waals surface area contributed by atoms with Crippen LogP contribution in [0.4, 0.5) is 0 Å². The standard InChI is InChI=1S/C23H14Cl2N4O2S/c24-18-6-7-21(25)22(13-18)32(30,31)20(14-26)12-17-15-29(19-4-2-1-3-5-19)28-23(17)16-8-10-27-11-9-16/h1-13,15H/b20-12+. The van der Waals surface area contributed by atoms with Crippen molar-refractivity contribution >= 4 is 39.1 Å². The Balaban J connectivity index is 1.90. The van der Waals surface area contributed by atoms with Crippen molar-refractivity contribution in [1.29, 1.82) is 5.26 Å². The van der Waals surface area contributed by atoms with Crippen molar-refractivity contribution in [3.63, 3.8) is 0 Å². The van der Waals surface area contributed by atoms with E-state index in [0.29, 0.717) is 11.3 Å². The van der Waals surface area contributed by atoms with E-state index in [9.17, 15) is 13.7 Å². The Kier molecular flexibility index (Phi) is 6.10. The normalized spacial score (nSPS) is 11.8. The molecule has 0 bridgehead atoms. The molecule has 2 aromatic carbocycles. The lowest BCUT2D eigenvalue weighted by Gasteiger charge is -2.06. The number of aromatic nitrogens is 3. The number of sulfone groups is 1. The van der Waals surface area contributed by atoms with Gasteiger partial charge in [-0.3, -0.25) is 4.98 Å². The van der Waals surface area contributed by atoms with Crippen LogP contribution in [-0.2, 0) is 9.84 Å². The minimum Gasteiger partial charge on any atom is -0.265 e. The Morgan fingerprint density at radius 2 is 1.75 bits per heavy atom. The molecule has 0 spiro atoms. The molecule has 0 aliphatic heterocycles. The predicted molar refractivity (Wildman–Crippen MR) is 124 cm³/mol. The summed E-state index contributed by atoms with van der Waals surface area (Å²) >= 11 is 12.1. The van der Waals surface area contributed by atoms with Crippen LogP contribution in [0, 0.1) is 11.3 Å². The zero-order valence-electron chi connectivity index (χ0n) is 16.4. The molecular formula is C23H14Cl2N4O2S. The van der Waals surface area contributed by atoms with Gasteiger partial charge in [0.25, 0.3) is 0 Å². The first-order chi connectivity index (χ1) is 15.4. The number of benzene rings is 2. The molecule has 4 rings (SSSR count). The van der Waals surface area contributed by atoms with Crippen molar-refractivity contribution in [2.24, 2.45) is 0 Å². The highest BCUT2D eigenvalue weighted by atomic mass is 35.5. The molecule has 2 aromatic heterocycles. The topological polar surface area (TPSA) is 88.6 Å². The van der Waals surface area contributed by atoms with Gasteiger partial charge in [0.2, 0.25) is 9.84 Å². The lowest BCUT2D eigenvalue weighted by atomic mass is 10.1. The lowest BCUT2D eigenvalue weighted by Crippen LogP contribution is -2.04. The zero-order valence-corrected chi connectivity index (χ0v) is 18.7. The van der Waals surface area contributed by atoms with Crippen molar-refractivity contribution in [3.8, 4) is 23.0 Å². The number of hydrogen-bond donors (Lipinski definition) is 0. The molecule has 0 fully saturated rings. The average Bonchev–Trinajstić information content (AvgIpc) is 3.24. The van der Waals surface area contributed by atoms with Gasteiger partial charge in [0, 0.05) is 34.7 Å². The van der Waals surface area contributed by atoms with Gasteiger partial charge in [-0.1, -0.05) is 41.4 Å². The molecule has 0 atom stereocenters. The van der Waals surface area contributed by atoms with Crippen LogP contribution in [0.25, 0.3) is 23.0 Å². The highest BCUT2D eigenvalue weighted by molar-refractivity contribution is 7.95. The van der Waals surface area contributed by atoms with E-state index in [1.807, 2.05) is 30.3 Å². The third-order valence-corrected chi connectivity index (χ3v) is 6.97. The van der Waals surface area contributed by atoms with E-state index in [0.717, 1.165) is 11.3 Å². The van der Waals surface area contributed by atoms with Crippen molar-refractivity contribution in [2.75, 3.05) is 0 Å². The number of nitriles is 1. The van der Waals surface area contributed by atoms with E-state index in [-0.39, 0.29) is 14.9 Å². The fourth-order valence-corrected chi connectivity index (χ4v) is 4.96. The maximum Gasteiger partial charge on any atom is 0.218 e. The van der Waals surface area contributed by atoms with Crippen molar-refractivity contribution in [2.45, 2.75) is 4.90 Å². The molecule has 0 aliphatic carbocycles. The summed E-state index contributed by atoms with van der Waals surface area (Å²) in [5.41, 5.74) is 2.44. The van der Waals surface area contributed by atoms with E-state index in [2.05, 4.69) is 10.1 Å². The van der Waals surface area contributed by atoms with Gasteiger partial charge in [0.1, 0.15) is 16.7 Å². The summed E-state index contributed by atoms with van der Waals surface area (Å²) in [4.78, 5) is 3.30. The number of halogens is 2. The van der Waals surface area contributed by atoms with Crippen molar-refractivity contribution < 1.29 is 8.42 Å². The van der Waals surface area contributed by atoms with Gasteiger partial charge in [0.05, 0.1) is 15.6 Å². The summed E-state index contributed by atoms with van der Waals surface area (Å²) in [6.07, 6.45) is 6.17. The van der Waals surface area contributed by atoms with Crippen LogP contribution in [0.2, 0.25) is 10.0 Å². The molecular weight excluding hydrogens is 467 g/mol. The number of allylic oxidation sites excluding steroid dienone is 1. The first-order valence-corrected chi connectivity index (χ1v) is 11.5. The predicted octanol–water partition coefficient (Wildman–Crippen LogP) is 5.58. The highest BCUT2D eigenvalue weighted by Crippen LogP contribution is 2.32. The smallest absolute Gasteiger partial charge is 0.218 e. The second kappa shape index (κ2) is 8.97. The van der Waals surface area contributed by atoms with E-state index in [1.54, 1.807) is 41.5 Å². The molecule has 0 radical (unpaired) electrons. The molecule has 6 nitrogen and oxygen atoms in total. The number of nitrogens with zero attached hydrogens (tertiary/aromatic N) is 4. The minimum absolute atomic E-state index is 0.0233. The van der Waals surface area contributed by atoms with Crippen LogP contribution in [0.1, 0.15) is 5.56 Å². The monoisotopic (exact) mass is 480 g/mol. The Morgan fingerprint density at radius 3 is 2.44 bits per heavy atom. The van der Waals surface area contributed by atoms with Crippen LogP contribution in [0.3, 0.4) is 0 Å². The molecule has 0 N–H and O–H groups in total. The molecule has 158 valence electrons. The van der Waals surface area contributed by atoms with E-state index < -0.39 is 14.7 Å². The molecule has 4 aromatic rings. The first-order valence-electron chi connectivity index (χ1n) is 9.27. The molecule has 32 heavy (non-hydrogen) atoms. The van der Waals surface area contributed by atoms with Crippen LogP contribution in [-0.4, -0.2) is 23.2 Å². The number of hydrogen-bond acceptors (Lipinski definition) is 5. The molecule has 0 unspecified atom stereocenters. The average molecular weight is 481 g/mol. The minimum atomic E-state index is -4.22. The van der Waals surface area contributed by atoms with Crippen LogP contribution in [0.5, 0.6) is 0 Å². The second-order valence-corrected chi connectivity index (χ2v) is 9.38. The Bertz CT molecular complexity index is 1460. The maximum absolute atomic E-state index is 13.2. The van der Waals surface area contributed by atoms with Crippen LogP contribution in [0.15, 0.2) is 89.1 Å². The Labute approximate surface area is 194 Å². The van der Waals surface area contributed by atoms with Crippen molar-refractivity contribution in [3.05, 3.63) is 99.8 Å². The van der Waals surface area contributed by atoms with Gasteiger partial charge < -0.3 is 0 Å². The lowest BCUT2D eigenvalue weighted by molar-refractivity contribution is 0.603. The molecule has 0 aliphatic rings. The highest BCUT2D eigenvalue weighted by Gasteiger charge is 2.25. The third-order valence-electron chi connectivity index (χ3n) is 4.59. The first kappa shape index (κ1) is 21.8. The summed E-state index contributed by atoms with van der Waals surface area (Å²) in [6, 6.07) is 18.7. The zero-order chi connectivity index (χ0) is 22.7. The molecule has 2 heterocycles.